The zero-order valence-corrected chi connectivity index (χ0v) is 28.4. The molecule has 0 fully saturated rings. The van der Waals surface area contributed by atoms with Crippen molar-refractivity contribution in [2.24, 2.45) is 0 Å². The van der Waals surface area contributed by atoms with Gasteiger partial charge in [-0.2, -0.15) is 17.6 Å². The largest absolute Gasteiger partial charge is 0.468 e. The van der Waals surface area contributed by atoms with Gasteiger partial charge >= 0.3 is 10.5 Å². The average molecular weight is 767 g/mol. The van der Waals surface area contributed by atoms with Crippen molar-refractivity contribution in [2.75, 3.05) is 13.1 Å². The minimum atomic E-state index is -5.41. The molecule has 6 rings (SSSR count). The Morgan fingerprint density at radius 2 is 1.08 bits per heavy atom. The first-order valence-corrected chi connectivity index (χ1v) is 17.1. The highest BCUT2D eigenvalue weighted by Crippen LogP contribution is 2.43. The van der Waals surface area contributed by atoms with Crippen molar-refractivity contribution in [3.63, 3.8) is 0 Å². The average Bonchev–Trinajstić information content (AvgIpc) is 3.85. The van der Waals surface area contributed by atoms with E-state index in [0.717, 1.165) is 24.2 Å². The van der Waals surface area contributed by atoms with E-state index < -0.39 is 73.6 Å². The number of alkyl halides is 4. The van der Waals surface area contributed by atoms with Crippen LogP contribution in [0.15, 0.2) is 116 Å². The SMILES string of the molecule is Cc1occc1S(=O)(=O)C(F)(F)/C(F)=C/CN1C(=O)c2ccccc2C1=O.Cc1occc1SC(F)(F)/C(F)=C/CN1C(=O)c2ccccc2C1=O. The monoisotopic (exact) mass is 766 g/mol. The second-order valence-electron chi connectivity index (χ2n) is 11.0. The van der Waals surface area contributed by atoms with Crippen molar-refractivity contribution in [1.29, 1.82) is 0 Å². The molecule has 4 amide bonds. The molecule has 4 aromatic rings. The van der Waals surface area contributed by atoms with Gasteiger partial charge in [-0.15, -0.1) is 0 Å². The number of hydrogen-bond donors (Lipinski definition) is 0. The van der Waals surface area contributed by atoms with Crippen LogP contribution < -0.4 is 0 Å². The predicted molar refractivity (Wildman–Crippen MR) is 172 cm³/mol. The summed E-state index contributed by atoms with van der Waals surface area (Å²) in [4.78, 5) is 49.0. The third-order valence-electron chi connectivity index (χ3n) is 7.71. The Bertz CT molecular complexity index is 2190. The van der Waals surface area contributed by atoms with Gasteiger partial charge in [0.25, 0.3) is 33.5 Å². The maximum Gasteiger partial charge on any atom is 0.400 e. The maximum absolute atomic E-state index is 14.2. The molecule has 2 aliphatic rings. The number of thioether (sulfide) groups is 1. The summed E-state index contributed by atoms with van der Waals surface area (Å²) in [7, 11) is -5.41. The molecular formula is C34H24F6N2O8S2. The molecule has 2 aliphatic heterocycles. The minimum absolute atomic E-state index is 0.0000440. The minimum Gasteiger partial charge on any atom is -0.468 e. The summed E-state index contributed by atoms with van der Waals surface area (Å²) in [6.45, 7) is 1.22. The smallest absolute Gasteiger partial charge is 0.400 e. The summed E-state index contributed by atoms with van der Waals surface area (Å²) in [5.74, 6) is -6.92. The predicted octanol–water partition coefficient (Wildman–Crippen LogP) is 7.53. The zero-order chi connectivity index (χ0) is 38.2. The van der Waals surface area contributed by atoms with Crippen LogP contribution in [0.1, 0.15) is 53.0 Å². The molecule has 52 heavy (non-hydrogen) atoms. The quantitative estimate of drug-likeness (QED) is 0.0912. The number of imide groups is 2. The Kier molecular flexibility index (Phi) is 10.4. The van der Waals surface area contributed by atoms with Crippen molar-refractivity contribution < 1.29 is 62.8 Å². The number of furan rings is 2. The Balaban J connectivity index is 0.000000202. The molecule has 0 unspecified atom stereocenters. The molecule has 18 heteroatoms. The lowest BCUT2D eigenvalue weighted by Crippen LogP contribution is -2.33. The molecule has 0 atom stereocenters. The summed E-state index contributed by atoms with van der Waals surface area (Å²) in [6.07, 6.45) is 2.87. The fourth-order valence-corrected chi connectivity index (χ4v) is 7.02. The van der Waals surface area contributed by atoms with E-state index in [2.05, 4.69) is 4.42 Å². The van der Waals surface area contributed by atoms with Gasteiger partial charge in [-0.1, -0.05) is 24.3 Å². The van der Waals surface area contributed by atoms with Gasteiger partial charge in [0, 0.05) is 0 Å². The van der Waals surface area contributed by atoms with Gasteiger partial charge in [-0.3, -0.25) is 29.0 Å². The Hall–Kier alpha value is -5.36. The van der Waals surface area contributed by atoms with E-state index in [9.17, 15) is 53.9 Å². The second kappa shape index (κ2) is 14.3. The number of sulfone groups is 1. The zero-order valence-electron chi connectivity index (χ0n) is 26.7. The number of carbonyl (C=O) groups excluding carboxylic acids is 4. The first-order valence-electron chi connectivity index (χ1n) is 14.8. The molecule has 2 aromatic carbocycles. The number of halogens is 6. The third kappa shape index (κ3) is 6.94. The molecule has 0 bridgehead atoms. The van der Waals surface area contributed by atoms with Crippen molar-refractivity contribution in [3.05, 3.63) is 131 Å². The first-order chi connectivity index (χ1) is 24.4. The molecular weight excluding hydrogens is 743 g/mol. The molecule has 0 saturated heterocycles. The molecule has 272 valence electrons. The fraction of sp³-hybridized carbons (Fsp3) is 0.176. The summed E-state index contributed by atoms with van der Waals surface area (Å²) < 4.78 is 118. The summed E-state index contributed by atoms with van der Waals surface area (Å²) in [5.41, 5.74) is 0.474. The number of rotatable bonds is 10. The van der Waals surface area contributed by atoms with Crippen LogP contribution in [0.25, 0.3) is 0 Å². The number of amides is 4. The van der Waals surface area contributed by atoms with Gasteiger partial charge in [-0.05, 0) is 74.2 Å². The van der Waals surface area contributed by atoms with E-state index in [0.29, 0.717) is 11.0 Å². The van der Waals surface area contributed by atoms with E-state index in [1.54, 1.807) is 12.1 Å². The van der Waals surface area contributed by atoms with Crippen LogP contribution in [0.4, 0.5) is 26.3 Å². The molecule has 0 aliphatic carbocycles. The number of benzene rings is 2. The molecule has 2 aromatic heterocycles. The third-order valence-corrected chi connectivity index (χ3v) is 10.7. The van der Waals surface area contributed by atoms with Crippen LogP contribution >= 0.6 is 11.8 Å². The summed E-state index contributed by atoms with van der Waals surface area (Å²) >= 11 is -0.0000440. The number of carbonyl (C=O) groups is 4. The highest BCUT2D eigenvalue weighted by molar-refractivity contribution is 8.00. The van der Waals surface area contributed by atoms with E-state index in [4.69, 9.17) is 4.42 Å². The van der Waals surface area contributed by atoms with Crippen molar-refractivity contribution in [1.82, 2.24) is 9.80 Å². The van der Waals surface area contributed by atoms with Gasteiger partial charge in [0.05, 0.1) is 52.8 Å². The highest BCUT2D eigenvalue weighted by atomic mass is 32.2. The van der Waals surface area contributed by atoms with Gasteiger partial charge in [-0.25, -0.2) is 17.2 Å². The molecule has 0 radical (unpaired) electrons. The van der Waals surface area contributed by atoms with Crippen LogP contribution in [-0.4, -0.2) is 65.4 Å². The molecule has 0 spiro atoms. The fourth-order valence-electron chi connectivity index (χ4n) is 4.98. The number of aryl methyl sites for hydroxylation is 2. The Labute approximate surface area is 295 Å². The molecule has 4 heterocycles. The summed E-state index contributed by atoms with van der Waals surface area (Å²) in [5, 5.41) is -8.73. The van der Waals surface area contributed by atoms with Crippen LogP contribution in [0, 0.1) is 13.8 Å². The molecule has 0 saturated carbocycles. The Morgan fingerprint density at radius 3 is 1.46 bits per heavy atom. The lowest BCUT2D eigenvalue weighted by molar-refractivity contribution is 0.0652. The number of fused-ring (bicyclic) bond motifs is 2. The van der Waals surface area contributed by atoms with Gasteiger partial charge in [0.2, 0.25) is 0 Å². The second-order valence-corrected chi connectivity index (χ2v) is 14.1. The first kappa shape index (κ1) is 37.9. The number of hydrogen-bond acceptors (Lipinski definition) is 9. The van der Waals surface area contributed by atoms with Crippen LogP contribution in [-0.2, 0) is 9.84 Å². The van der Waals surface area contributed by atoms with E-state index in [-0.39, 0.29) is 56.5 Å². The topological polar surface area (TPSA) is 135 Å². The normalized spacial score (nSPS) is 15.2. The van der Waals surface area contributed by atoms with Crippen molar-refractivity contribution in [2.45, 2.75) is 34.1 Å². The van der Waals surface area contributed by atoms with Gasteiger partial charge in [0.1, 0.15) is 16.4 Å². The maximum atomic E-state index is 14.2. The van der Waals surface area contributed by atoms with E-state index in [1.807, 2.05) is 0 Å². The van der Waals surface area contributed by atoms with Crippen LogP contribution in [0.5, 0.6) is 0 Å². The van der Waals surface area contributed by atoms with Gasteiger partial charge < -0.3 is 8.83 Å². The van der Waals surface area contributed by atoms with Crippen LogP contribution in [0.2, 0.25) is 0 Å². The lowest BCUT2D eigenvalue weighted by atomic mass is 10.1. The highest BCUT2D eigenvalue weighted by Gasteiger charge is 2.52. The number of nitrogens with zero attached hydrogens (tertiary/aromatic N) is 2. The molecule has 0 N–H and O–H groups in total. The van der Waals surface area contributed by atoms with Gasteiger partial charge in [0.15, 0.2) is 11.7 Å². The van der Waals surface area contributed by atoms with E-state index >= 15 is 0 Å². The standard InChI is InChI=1S/C17H12F3NO5S.C17H12F3NO3S/c1-10-13(7-9-26-10)27(24,25)17(19,20)14(18)6-8-21-15(22)11-4-2-3-5-12(11)16(21)23;1-10-13(7-9-24-10)25-17(19,20)14(18)6-8-21-15(22)11-4-2-3-5-12(11)16(21)23/h2-7,9H,8H2,1H3;2-7,9H,8H2,1H3/b2*14-6-. The summed E-state index contributed by atoms with van der Waals surface area (Å²) in [6, 6.07) is 14.0. The van der Waals surface area contributed by atoms with Crippen LogP contribution in [0.3, 0.4) is 0 Å². The van der Waals surface area contributed by atoms with Crippen molar-refractivity contribution >= 4 is 45.2 Å². The van der Waals surface area contributed by atoms with E-state index in [1.165, 1.54) is 55.7 Å². The Morgan fingerprint density at radius 1 is 0.673 bits per heavy atom. The molecule has 10 nitrogen and oxygen atoms in total. The lowest BCUT2D eigenvalue weighted by Gasteiger charge is -2.16. The van der Waals surface area contributed by atoms with Crippen molar-refractivity contribution in [3.8, 4) is 0 Å².